The van der Waals surface area contributed by atoms with Gasteiger partial charge >= 0.3 is 0 Å². The number of rotatable bonds is 5. The van der Waals surface area contributed by atoms with Crippen LogP contribution in [0.3, 0.4) is 0 Å². The first-order chi connectivity index (χ1) is 12.9. The van der Waals surface area contributed by atoms with Crippen molar-refractivity contribution in [1.82, 2.24) is 4.98 Å². The highest BCUT2D eigenvalue weighted by atomic mass is 16.5. The molecule has 1 amide bonds. The first kappa shape index (κ1) is 18.4. The van der Waals surface area contributed by atoms with Crippen LogP contribution in [-0.2, 0) is 0 Å². The Balaban J connectivity index is 1.94. The van der Waals surface area contributed by atoms with Crippen molar-refractivity contribution in [2.45, 2.75) is 19.8 Å². The van der Waals surface area contributed by atoms with Crippen LogP contribution in [-0.4, -0.2) is 30.2 Å². The molecule has 3 rings (SSSR count). The number of hydrogen-bond acceptors (Lipinski definition) is 5. The van der Waals surface area contributed by atoms with E-state index in [0.717, 1.165) is 11.1 Å². The van der Waals surface area contributed by atoms with Crippen molar-refractivity contribution in [3.63, 3.8) is 0 Å². The highest BCUT2D eigenvalue weighted by molar-refractivity contribution is 5.97. The van der Waals surface area contributed by atoms with E-state index in [9.17, 15) is 9.90 Å². The van der Waals surface area contributed by atoms with Gasteiger partial charge in [-0.3, -0.25) is 4.79 Å². The number of fused-ring (bicyclic) bond motifs is 1. The van der Waals surface area contributed by atoms with Crippen molar-refractivity contribution < 1.29 is 19.4 Å². The average molecular weight is 367 g/mol. The fourth-order valence-electron chi connectivity index (χ4n) is 2.76. The lowest BCUT2D eigenvalue weighted by Gasteiger charge is -2.07. The van der Waals surface area contributed by atoms with E-state index in [-0.39, 0.29) is 11.6 Å². The van der Waals surface area contributed by atoms with Crippen LogP contribution in [0.25, 0.3) is 10.9 Å². The second kappa shape index (κ2) is 7.49. The van der Waals surface area contributed by atoms with E-state index >= 15 is 0 Å². The summed E-state index contributed by atoms with van der Waals surface area (Å²) in [6, 6.07) is 10.5. The molecule has 0 saturated heterocycles. The topological polar surface area (TPSA) is 96.3 Å². The van der Waals surface area contributed by atoms with Crippen LogP contribution in [0.4, 0.5) is 5.69 Å². The van der Waals surface area contributed by atoms with E-state index in [0.29, 0.717) is 28.4 Å². The molecule has 0 fully saturated rings. The third-order valence-corrected chi connectivity index (χ3v) is 4.31. The van der Waals surface area contributed by atoms with Crippen molar-refractivity contribution in [2.24, 2.45) is 10.2 Å². The smallest absolute Gasteiger partial charge is 0.295 e. The lowest BCUT2D eigenvalue weighted by Crippen LogP contribution is -1.97. The molecule has 0 aliphatic heterocycles. The van der Waals surface area contributed by atoms with Crippen LogP contribution in [0.2, 0.25) is 0 Å². The molecule has 7 heteroatoms. The number of methoxy groups -OCH3 is 2. The number of aromatic nitrogens is 1. The van der Waals surface area contributed by atoms with Crippen molar-refractivity contribution in [3.05, 3.63) is 47.5 Å². The Labute approximate surface area is 156 Å². The quantitative estimate of drug-likeness (QED) is 0.624. The molecule has 2 N–H and O–H groups in total. The number of carbonyl (C=O) groups excluding carboxylic acids is 1. The number of hydrogen-bond donors (Lipinski definition) is 2. The van der Waals surface area contributed by atoms with Crippen molar-refractivity contribution >= 4 is 22.5 Å². The van der Waals surface area contributed by atoms with Gasteiger partial charge in [0.2, 0.25) is 5.88 Å². The molecular weight excluding hydrogens is 346 g/mol. The van der Waals surface area contributed by atoms with E-state index in [1.807, 2.05) is 18.2 Å². The Kier molecular flexibility index (Phi) is 5.12. The summed E-state index contributed by atoms with van der Waals surface area (Å²) in [6.45, 7) is 4.16. The molecular formula is C20H21N3O4. The maximum atomic E-state index is 12.4. The minimum atomic E-state index is -0.551. The van der Waals surface area contributed by atoms with Crippen molar-refractivity contribution in [3.8, 4) is 17.4 Å². The standard InChI is InChI=1S/C20H21N3O4/c1-11(2)12-5-7-15-14(9-12)18(20(25)21-15)22-23-19(24)13-6-8-16(26-3)17(10-13)27-4/h5-11,21,25H,1-4H3. The number of H-pyrrole nitrogens is 1. The van der Waals surface area contributed by atoms with Gasteiger partial charge in [0, 0.05) is 10.9 Å². The summed E-state index contributed by atoms with van der Waals surface area (Å²) in [4.78, 5) is 15.2. The molecule has 0 aliphatic carbocycles. The average Bonchev–Trinajstić information content (AvgIpc) is 2.99. The first-order valence-electron chi connectivity index (χ1n) is 8.47. The third-order valence-electron chi connectivity index (χ3n) is 4.31. The summed E-state index contributed by atoms with van der Waals surface area (Å²) in [6.07, 6.45) is 0. The number of carbonyl (C=O) groups is 1. The molecule has 0 atom stereocenters. The summed E-state index contributed by atoms with van der Waals surface area (Å²) < 4.78 is 10.4. The highest BCUT2D eigenvalue weighted by Crippen LogP contribution is 2.37. The second-order valence-corrected chi connectivity index (χ2v) is 6.36. The fraction of sp³-hybridized carbons (Fsp3) is 0.250. The number of amides is 1. The van der Waals surface area contributed by atoms with E-state index in [4.69, 9.17) is 9.47 Å². The molecule has 0 spiro atoms. The van der Waals surface area contributed by atoms with E-state index in [1.165, 1.54) is 20.3 Å². The summed E-state index contributed by atoms with van der Waals surface area (Å²) in [5.74, 6) is 0.584. The van der Waals surface area contributed by atoms with Gasteiger partial charge in [-0.05, 0) is 41.8 Å². The zero-order valence-corrected chi connectivity index (χ0v) is 15.6. The van der Waals surface area contributed by atoms with Gasteiger partial charge in [0.15, 0.2) is 17.2 Å². The molecule has 27 heavy (non-hydrogen) atoms. The summed E-state index contributed by atoms with van der Waals surface area (Å²) >= 11 is 0. The summed E-state index contributed by atoms with van der Waals surface area (Å²) in [5, 5.41) is 18.6. The van der Waals surface area contributed by atoms with Gasteiger partial charge in [0.1, 0.15) is 0 Å². The Morgan fingerprint density at radius 3 is 2.48 bits per heavy atom. The predicted molar refractivity (Wildman–Crippen MR) is 102 cm³/mol. The van der Waals surface area contributed by atoms with Gasteiger partial charge in [-0.15, -0.1) is 10.2 Å². The van der Waals surface area contributed by atoms with Gasteiger partial charge in [-0.1, -0.05) is 19.9 Å². The zero-order valence-electron chi connectivity index (χ0n) is 15.6. The molecule has 1 aromatic heterocycles. The molecule has 0 aliphatic rings. The largest absolute Gasteiger partial charge is 0.493 e. The molecule has 7 nitrogen and oxygen atoms in total. The van der Waals surface area contributed by atoms with Crippen LogP contribution >= 0.6 is 0 Å². The second-order valence-electron chi connectivity index (χ2n) is 6.36. The van der Waals surface area contributed by atoms with Gasteiger partial charge in [-0.2, -0.15) is 0 Å². The number of nitrogens with one attached hydrogen (secondary N) is 1. The van der Waals surface area contributed by atoms with E-state index in [1.54, 1.807) is 12.1 Å². The van der Waals surface area contributed by atoms with Gasteiger partial charge in [0.25, 0.3) is 5.91 Å². The zero-order chi connectivity index (χ0) is 19.6. The van der Waals surface area contributed by atoms with Crippen molar-refractivity contribution in [2.75, 3.05) is 14.2 Å². The molecule has 0 radical (unpaired) electrons. The first-order valence-corrected chi connectivity index (χ1v) is 8.47. The van der Waals surface area contributed by atoms with Crippen LogP contribution < -0.4 is 9.47 Å². The Bertz CT molecular complexity index is 1020. The van der Waals surface area contributed by atoms with Crippen LogP contribution in [0, 0.1) is 0 Å². The maximum Gasteiger partial charge on any atom is 0.295 e. The van der Waals surface area contributed by atoms with Crippen LogP contribution in [0.1, 0.15) is 35.7 Å². The lowest BCUT2D eigenvalue weighted by molar-refractivity contribution is 0.0994. The summed E-state index contributed by atoms with van der Waals surface area (Å²) in [5.41, 5.74) is 2.37. The number of ether oxygens (including phenoxy) is 2. The molecule has 0 bridgehead atoms. The normalized spacial score (nSPS) is 11.4. The molecule has 0 saturated carbocycles. The highest BCUT2D eigenvalue weighted by Gasteiger charge is 2.14. The number of aromatic hydroxyl groups is 1. The van der Waals surface area contributed by atoms with E-state index in [2.05, 4.69) is 29.1 Å². The van der Waals surface area contributed by atoms with E-state index < -0.39 is 5.91 Å². The van der Waals surface area contributed by atoms with Gasteiger partial charge < -0.3 is 19.6 Å². The Morgan fingerprint density at radius 1 is 1.07 bits per heavy atom. The molecule has 0 unspecified atom stereocenters. The molecule has 2 aromatic carbocycles. The number of benzene rings is 2. The Morgan fingerprint density at radius 2 is 1.81 bits per heavy atom. The molecule has 3 aromatic rings. The number of aromatic amines is 1. The monoisotopic (exact) mass is 367 g/mol. The molecule has 140 valence electrons. The minimum Gasteiger partial charge on any atom is -0.493 e. The van der Waals surface area contributed by atoms with Crippen molar-refractivity contribution in [1.29, 1.82) is 0 Å². The minimum absolute atomic E-state index is 0.130. The maximum absolute atomic E-state index is 12.4. The third kappa shape index (κ3) is 3.62. The Hall–Kier alpha value is -3.35. The molecule has 1 heterocycles. The van der Waals surface area contributed by atoms with Crippen LogP contribution in [0.15, 0.2) is 46.6 Å². The predicted octanol–water partition coefficient (Wildman–Crippen LogP) is 4.94. The number of nitrogens with zero attached hydrogens (tertiary/aromatic N) is 2. The van der Waals surface area contributed by atoms with Gasteiger partial charge in [-0.25, -0.2) is 0 Å². The number of azo groups is 1. The van der Waals surface area contributed by atoms with Gasteiger partial charge in [0.05, 0.1) is 19.7 Å². The van der Waals surface area contributed by atoms with Crippen LogP contribution in [0.5, 0.6) is 17.4 Å². The summed E-state index contributed by atoms with van der Waals surface area (Å²) in [7, 11) is 3.01. The SMILES string of the molecule is COc1ccc(C(=O)N=Nc2c(O)[nH]c3ccc(C(C)C)cc23)cc1OC. The lowest BCUT2D eigenvalue weighted by atomic mass is 10.0. The fourth-order valence-corrected chi connectivity index (χ4v) is 2.76.